The molecule has 0 aliphatic carbocycles. The molecule has 9 heteroatoms. The van der Waals surface area contributed by atoms with Crippen molar-refractivity contribution in [3.8, 4) is 17.1 Å². The molecule has 0 radical (unpaired) electrons. The molecule has 1 saturated heterocycles. The third kappa shape index (κ3) is 4.88. The number of rotatable bonds is 7. The number of carbonyl (C=O) groups excluding carboxylic acids is 1. The van der Waals surface area contributed by atoms with E-state index in [9.17, 15) is 13.2 Å². The molecule has 0 unspecified atom stereocenters. The Bertz CT molecular complexity index is 1210. The smallest absolute Gasteiger partial charge is 0.233 e. The van der Waals surface area contributed by atoms with Gasteiger partial charge in [-0.1, -0.05) is 53.7 Å². The van der Waals surface area contributed by atoms with Crippen molar-refractivity contribution in [2.24, 2.45) is 0 Å². The van der Waals surface area contributed by atoms with E-state index < -0.39 is 9.84 Å². The van der Waals surface area contributed by atoms with Crippen LogP contribution >= 0.6 is 11.8 Å². The van der Waals surface area contributed by atoms with Gasteiger partial charge in [0, 0.05) is 23.8 Å². The molecule has 32 heavy (non-hydrogen) atoms. The molecule has 1 amide bonds. The van der Waals surface area contributed by atoms with E-state index in [0.717, 1.165) is 16.8 Å². The van der Waals surface area contributed by atoms with Crippen LogP contribution in [-0.2, 0) is 14.6 Å². The van der Waals surface area contributed by atoms with Gasteiger partial charge in [-0.15, -0.1) is 10.2 Å². The van der Waals surface area contributed by atoms with Crippen LogP contribution in [0.4, 0.5) is 0 Å². The van der Waals surface area contributed by atoms with Crippen LogP contribution in [0.2, 0.25) is 0 Å². The van der Waals surface area contributed by atoms with Crippen LogP contribution in [0.15, 0.2) is 59.8 Å². The molecule has 1 aliphatic heterocycles. The number of sulfone groups is 1. The number of para-hydroxylation sites is 1. The van der Waals surface area contributed by atoms with Gasteiger partial charge in [0.2, 0.25) is 5.91 Å². The van der Waals surface area contributed by atoms with Gasteiger partial charge >= 0.3 is 0 Å². The highest BCUT2D eigenvalue weighted by atomic mass is 32.2. The molecule has 1 atom stereocenters. The first kappa shape index (κ1) is 22.5. The van der Waals surface area contributed by atoms with Gasteiger partial charge in [0.05, 0.1) is 17.3 Å². The van der Waals surface area contributed by atoms with Crippen molar-refractivity contribution in [2.75, 3.05) is 23.8 Å². The predicted molar refractivity (Wildman–Crippen MR) is 127 cm³/mol. The maximum Gasteiger partial charge on any atom is 0.233 e. The number of carbonyl (C=O) groups is 1. The van der Waals surface area contributed by atoms with Crippen molar-refractivity contribution in [1.82, 2.24) is 19.7 Å². The summed E-state index contributed by atoms with van der Waals surface area (Å²) in [5, 5.41) is 9.44. The van der Waals surface area contributed by atoms with E-state index >= 15 is 0 Å². The summed E-state index contributed by atoms with van der Waals surface area (Å²) in [4.78, 5) is 14.7. The Balaban J connectivity index is 1.59. The second-order valence-electron chi connectivity index (χ2n) is 7.87. The Hall–Kier alpha value is -2.65. The molecule has 2 aromatic carbocycles. The van der Waals surface area contributed by atoms with Crippen LogP contribution in [0.1, 0.15) is 18.9 Å². The molecule has 3 aromatic rings. The highest BCUT2D eigenvalue weighted by Gasteiger charge is 2.34. The zero-order valence-corrected chi connectivity index (χ0v) is 19.8. The van der Waals surface area contributed by atoms with Crippen molar-refractivity contribution in [1.29, 1.82) is 0 Å². The Morgan fingerprint density at radius 3 is 2.59 bits per heavy atom. The van der Waals surface area contributed by atoms with Crippen LogP contribution < -0.4 is 0 Å². The SMILES string of the molecule is CCN(C(=O)CSc1nnc(-c2cccc(C)c2)n1-c1ccccc1)[C@@H]1CCS(=O)(=O)C1. The van der Waals surface area contributed by atoms with E-state index in [1.165, 1.54) is 11.8 Å². The number of hydrogen-bond acceptors (Lipinski definition) is 6. The van der Waals surface area contributed by atoms with E-state index in [2.05, 4.69) is 16.3 Å². The second-order valence-corrected chi connectivity index (χ2v) is 11.0. The summed E-state index contributed by atoms with van der Waals surface area (Å²) in [5.41, 5.74) is 2.99. The fraction of sp³-hybridized carbons (Fsp3) is 0.348. The average Bonchev–Trinajstić information content (AvgIpc) is 3.36. The molecule has 1 fully saturated rings. The maximum atomic E-state index is 13.0. The molecule has 0 saturated carbocycles. The number of thioether (sulfide) groups is 1. The number of hydrogen-bond donors (Lipinski definition) is 0. The number of aryl methyl sites for hydroxylation is 1. The zero-order chi connectivity index (χ0) is 22.7. The van der Waals surface area contributed by atoms with E-state index in [1.807, 2.05) is 66.9 Å². The van der Waals surface area contributed by atoms with Crippen molar-refractivity contribution >= 4 is 27.5 Å². The van der Waals surface area contributed by atoms with Crippen LogP contribution in [0, 0.1) is 6.92 Å². The minimum atomic E-state index is -3.05. The second kappa shape index (κ2) is 9.46. The summed E-state index contributed by atoms with van der Waals surface area (Å²) in [6, 6.07) is 17.6. The van der Waals surface area contributed by atoms with Gasteiger partial charge in [-0.2, -0.15) is 0 Å². The van der Waals surface area contributed by atoms with Crippen molar-refractivity contribution in [2.45, 2.75) is 31.5 Å². The highest BCUT2D eigenvalue weighted by molar-refractivity contribution is 7.99. The number of nitrogens with zero attached hydrogens (tertiary/aromatic N) is 4. The highest BCUT2D eigenvalue weighted by Crippen LogP contribution is 2.29. The predicted octanol–water partition coefficient (Wildman–Crippen LogP) is 3.37. The Morgan fingerprint density at radius 2 is 1.94 bits per heavy atom. The summed E-state index contributed by atoms with van der Waals surface area (Å²) < 4.78 is 25.7. The number of aromatic nitrogens is 3. The van der Waals surface area contributed by atoms with Crippen LogP contribution in [-0.4, -0.2) is 63.8 Å². The molecule has 0 N–H and O–H groups in total. The van der Waals surface area contributed by atoms with Gasteiger partial charge in [-0.25, -0.2) is 8.42 Å². The third-order valence-electron chi connectivity index (χ3n) is 5.56. The molecule has 168 valence electrons. The van der Waals surface area contributed by atoms with Gasteiger partial charge < -0.3 is 4.90 Å². The van der Waals surface area contributed by atoms with Gasteiger partial charge in [0.15, 0.2) is 20.8 Å². The van der Waals surface area contributed by atoms with Crippen molar-refractivity contribution in [3.05, 3.63) is 60.2 Å². The van der Waals surface area contributed by atoms with E-state index in [0.29, 0.717) is 23.9 Å². The monoisotopic (exact) mass is 470 g/mol. The minimum Gasteiger partial charge on any atom is -0.338 e. The van der Waals surface area contributed by atoms with Gasteiger partial charge in [-0.3, -0.25) is 9.36 Å². The van der Waals surface area contributed by atoms with Gasteiger partial charge in [0.1, 0.15) is 0 Å². The summed E-state index contributed by atoms with van der Waals surface area (Å²) in [7, 11) is -3.05. The first-order valence-electron chi connectivity index (χ1n) is 10.6. The quantitative estimate of drug-likeness (QED) is 0.492. The lowest BCUT2D eigenvalue weighted by Crippen LogP contribution is -2.42. The van der Waals surface area contributed by atoms with Crippen LogP contribution in [0.3, 0.4) is 0 Å². The van der Waals surface area contributed by atoms with Crippen molar-refractivity contribution < 1.29 is 13.2 Å². The van der Waals surface area contributed by atoms with Gasteiger partial charge in [0.25, 0.3) is 0 Å². The topological polar surface area (TPSA) is 85.2 Å². The number of amides is 1. The molecule has 0 bridgehead atoms. The molecular weight excluding hydrogens is 444 g/mol. The molecule has 1 aromatic heterocycles. The molecule has 0 spiro atoms. The molecular formula is C23H26N4O3S2. The molecule has 7 nitrogen and oxygen atoms in total. The maximum absolute atomic E-state index is 13.0. The first-order valence-corrected chi connectivity index (χ1v) is 13.4. The van der Waals surface area contributed by atoms with Crippen molar-refractivity contribution in [3.63, 3.8) is 0 Å². The number of benzene rings is 2. The Kier molecular flexibility index (Phi) is 6.66. The third-order valence-corrected chi connectivity index (χ3v) is 8.22. The van der Waals surface area contributed by atoms with Gasteiger partial charge in [-0.05, 0) is 38.5 Å². The largest absolute Gasteiger partial charge is 0.338 e. The zero-order valence-electron chi connectivity index (χ0n) is 18.1. The van der Waals surface area contributed by atoms with Crippen LogP contribution in [0.5, 0.6) is 0 Å². The lowest BCUT2D eigenvalue weighted by Gasteiger charge is -2.26. The Morgan fingerprint density at radius 1 is 1.16 bits per heavy atom. The molecule has 4 rings (SSSR count). The normalized spacial score (nSPS) is 17.4. The van der Waals surface area contributed by atoms with E-state index in [-0.39, 0.29) is 29.2 Å². The van der Waals surface area contributed by atoms with E-state index in [1.54, 1.807) is 4.90 Å². The fourth-order valence-electron chi connectivity index (χ4n) is 4.01. The lowest BCUT2D eigenvalue weighted by atomic mass is 10.1. The molecule has 1 aliphatic rings. The summed E-state index contributed by atoms with van der Waals surface area (Å²) in [6.45, 7) is 4.40. The summed E-state index contributed by atoms with van der Waals surface area (Å²) >= 11 is 1.32. The lowest BCUT2D eigenvalue weighted by molar-refractivity contribution is -0.129. The summed E-state index contributed by atoms with van der Waals surface area (Å²) in [5.74, 6) is 0.998. The minimum absolute atomic E-state index is 0.0505. The first-order chi connectivity index (χ1) is 15.4. The van der Waals surface area contributed by atoms with Crippen LogP contribution in [0.25, 0.3) is 17.1 Å². The Labute approximate surface area is 192 Å². The fourth-order valence-corrected chi connectivity index (χ4v) is 6.58. The average molecular weight is 471 g/mol. The summed E-state index contributed by atoms with van der Waals surface area (Å²) in [6.07, 6.45) is 0.504. The van der Waals surface area contributed by atoms with E-state index in [4.69, 9.17) is 0 Å². The molecule has 2 heterocycles. The standard InChI is InChI=1S/C23H26N4O3S2/c1-3-26(20-12-13-32(29,30)16-20)21(28)15-31-23-25-24-22(18-9-7-8-17(2)14-18)27(23)19-10-5-4-6-11-19/h4-11,14,20H,3,12-13,15-16H2,1-2H3/t20-/m1/s1.